The zero-order chi connectivity index (χ0) is 21.7. The molecule has 0 aliphatic carbocycles. The first-order chi connectivity index (χ1) is 14.3. The number of sulfonamides is 1. The van der Waals surface area contributed by atoms with Gasteiger partial charge in [0.1, 0.15) is 5.75 Å². The second-order valence-electron chi connectivity index (χ2n) is 7.41. The van der Waals surface area contributed by atoms with Gasteiger partial charge in [0.25, 0.3) is 5.91 Å². The third kappa shape index (κ3) is 5.79. The summed E-state index contributed by atoms with van der Waals surface area (Å²) in [6.07, 6.45) is 1.43. The highest BCUT2D eigenvalue weighted by molar-refractivity contribution is 7.89. The van der Waals surface area contributed by atoms with E-state index in [1.165, 1.54) is 30.9 Å². The van der Waals surface area contributed by atoms with Crippen molar-refractivity contribution in [2.75, 3.05) is 20.2 Å². The fourth-order valence-electron chi connectivity index (χ4n) is 3.42. The van der Waals surface area contributed by atoms with E-state index in [-0.39, 0.29) is 28.9 Å². The Labute approximate surface area is 176 Å². The summed E-state index contributed by atoms with van der Waals surface area (Å²) in [5.41, 5.74) is 2.19. The lowest BCUT2D eigenvalue weighted by molar-refractivity contribution is 0.0792. The highest BCUT2D eigenvalue weighted by Crippen LogP contribution is 2.22. The molecule has 9 heteroatoms. The minimum Gasteiger partial charge on any atom is -0.496 e. The Kier molecular flexibility index (Phi) is 7.09. The van der Waals surface area contributed by atoms with Crippen molar-refractivity contribution in [2.24, 2.45) is 5.14 Å². The molecule has 4 N–H and O–H groups in total. The van der Waals surface area contributed by atoms with E-state index < -0.39 is 15.9 Å². The Morgan fingerprint density at radius 1 is 1.17 bits per heavy atom. The van der Waals surface area contributed by atoms with Crippen LogP contribution in [0, 0.1) is 0 Å². The Bertz CT molecular complexity index is 984. The standard InChI is InChI=1S/C21H27N3O5S/c1-29-20-7-6-18(30(22,27)28)12-19(20)21(26)23-13-15-2-4-16(5-3-15)14-24-10-8-17(25)9-11-24/h2-7,12,17,25H,8-11,13-14H2,1H3,(H,23,26)(H2,22,27,28). The monoisotopic (exact) mass is 433 g/mol. The minimum atomic E-state index is -3.92. The molecule has 1 amide bonds. The number of ether oxygens (including phenoxy) is 1. The molecule has 0 radical (unpaired) electrons. The fourth-order valence-corrected chi connectivity index (χ4v) is 3.96. The van der Waals surface area contributed by atoms with Crippen molar-refractivity contribution in [1.82, 2.24) is 10.2 Å². The van der Waals surface area contributed by atoms with E-state index in [2.05, 4.69) is 10.2 Å². The van der Waals surface area contributed by atoms with Crippen LogP contribution in [0.1, 0.15) is 34.3 Å². The summed E-state index contributed by atoms with van der Waals surface area (Å²) in [6.45, 7) is 2.89. The molecule has 162 valence electrons. The van der Waals surface area contributed by atoms with Crippen molar-refractivity contribution < 1.29 is 23.1 Å². The lowest BCUT2D eigenvalue weighted by Gasteiger charge is -2.29. The summed E-state index contributed by atoms with van der Waals surface area (Å²) in [6, 6.07) is 11.9. The van der Waals surface area contributed by atoms with E-state index in [1.807, 2.05) is 24.3 Å². The first-order valence-corrected chi connectivity index (χ1v) is 11.3. The van der Waals surface area contributed by atoms with Gasteiger partial charge in [-0.05, 0) is 42.2 Å². The predicted molar refractivity (Wildman–Crippen MR) is 112 cm³/mol. The molecule has 2 aromatic carbocycles. The van der Waals surface area contributed by atoms with E-state index in [1.54, 1.807) is 0 Å². The molecular formula is C21H27N3O5S. The number of hydrogen-bond donors (Lipinski definition) is 3. The molecule has 0 unspecified atom stereocenters. The summed E-state index contributed by atoms with van der Waals surface area (Å²) >= 11 is 0. The zero-order valence-corrected chi connectivity index (χ0v) is 17.7. The number of methoxy groups -OCH3 is 1. The smallest absolute Gasteiger partial charge is 0.255 e. The maximum atomic E-state index is 12.6. The van der Waals surface area contributed by atoms with Gasteiger partial charge < -0.3 is 15.2 Å². The summed E-state index contributed by atoms with van der Waals surface area (Å²) < 4.78 is 28.3. The predicted octanol–water partition coefficient (Wildman–Crippen LogP) is 1.23. The van der Waals surface area contributed by atoms with Crippen LogP contribution in [0.5, 0.6) is 5.75 Å². The number of rotatable bonds is 7. The fraction of sp³-hybridized carbons (Fsp3) is 0.381. The van der Waals surface area contributed by atoms with E-state index >= 15 is 0 Å². The number of nitrogens with one attached hydrogen (secondary N) is 1. The van der Waals surface area contributed by atoms with Crippen molar-refractivity contribution >= 4 is 15.9 Å². The molecule has 0 saturated carbocycles. The van der Waals surface area contributed by atoms with E-state index in [0.29, 0.717) is 0 Å². The lowest BCUT2D eigenvalue weighted by atomic mass is 10.1. The Hall–Kier alpha value is -2.46. The highest BCUT2D eigenvalue weighted by atomic mass is 32.2. The number of nitrogens with zero attached hydrogens (tertiary/aromatic N) is 1. The molecule has 0 spiro atoms. The molecule has 8 nitrogen and oxygen atoms in total. The van der Waals surface area contributed by atoms with Crippen molar-refractivity contribution in [2.45, 2.75) is 36.9 Å². The number of piperidine rings is 1. The van der Waals surface area contributed by atoms with Gasteiger partial charge in [0, 0.05) is 26.2 Å². The van der Waals surface area contributed by atoms with Gasteiger partial charge in [-0.25, -0.2) is 13.6 Å². The number of benzene rings is 2. The zero-order valence-electron chi connectivity index (χ0n) is 16.9. The first kappa shape index (κ1) is 22.2. The number of amides is 1. The Morgan fingerprint density at radius 2 is 1.80 bits per heavy atom. The highest BCUT2D eigenvalue weighted by Gasteiger charge is 2.18. The second kappa shape index (κ2) is 9.57. The topological polar surface area (TPSA) is 122 Å². The molecule has 1 fully saturated rings. The number of aliphatic hydroxyl groups excluding tert-OH is 1. The van der Waals surface area contributed by atoms with Crippen LogP contribution in [0.3, 0.4) is 0 Å². The number of primary sulfonamides is 1. The SMILES string of the molecule is COc1ccc(S(N)(=O)=O)cc1C(=O)NCc1ccc(CN2CCC(O)CC2)cc1. The normalized spacial score (nSPS) is 15.7. The van der Waals surface area contributed by atoms with Crippen LogP contribution in [0.15, 0.2) is 47.4 Å². The van der Waals surface area contributed by atoms with Gasteiger partial charge in [0.2, 0.25) is 10.0 Å². The van der Waals surface area contributed by atoms with Gasteiger partial charge in [0.05, 0.1) is 23.7 Å². The maximum absolute atomic E-state index is 12.6. The van der Waals surface area contributed by atoms with Crippen molar-refractivity contribution in [1.29, 1.82) is 0 Å². The van der Waals surface area contributed by atoms with Crippen LogP contribution in [-0.4, -0.2) is 50.6 Å². The van der Waals surface area contributed by atoms with Crippen molar-refractivity contribution in [3.05, 3.63) is 59.2 Å². The van der Waals surface area contributed by atoms with Gasteiger partial charge in [-0.1, -0.05) is 24.3 Å². The van der Waals surface area contributed by atoms with Crippen LogP contribution >= 0.6 is 0 Å². The molecule has 1 aliphatic heterocycles. The Balaban J connectivity index is 1.61. The van der Waals surface area contributed by atoms with Gasteiger partial charge >= 0.3 is 0 Å². The molecule has 1 aliphatic rings. The maximum Gasteiger partial charge on any atom is 0.255 e. The van der Waals surface area contributed by atoms with Crippen LogP contribution < -0.4 is 15.2 Å². The second-order valence-corrected chi connectivity index (χ2v) is 8.98. The van der Waals surface area contributed by atoms with E-state index in [0.717, 1.165) is 38.0 Å². The summed E-state index contributed by atoms with van der Waals surface area (Å²) in [5.74, 6) is -0.185. The van der Waals surface area contributed by atoms with Crippen molar-refractivity contribution in [3.8, 4) is 5.75 Å². The first-order valence-electron chi connectivity index (χ1n) is 9.73. The average molecular weight is 434 g/mol. The third-order valence-corrected chi connectivity index (χ3v) is 6.09. The van der Waals surface area contributed by atoms with E-state index in [4.69, 9.17) is 9.88 Å². The van der Waals surface area contributed by atoms with E-state index in [9.17, 15) is 18.3 Å². The summed E-state index contributed by atoms with van der Waals surface area (Å²) in [7, 11) is -2.52. The number of aliphatic hydroxyl groups is 1. The van der Waals surface area contributed by atoms with Crippen LogP contribution in [0.2, 0.25) is 0 Å². The third-order valence-electron chi connectivity index (χ3n) is 5.18. The lowest BCUT2D eigenvalue weighted by Crippen LogP contribution is -2.35. The molecule has 0 atom stereocenters. The molecule has 2 aromatic rings. The van der Waals surface area contributed by atoms with Gasteiger partial charge in [-0.3, -0.25) is 9.69 Å². The van der Waals surface area contributed by atoms with Gasteiger partial charge in [0.15, 0.2) is 0 Å². The van der Waals surface area contributed by atoms with Crippen molar-refractivity contribution in [3.63, 3.8) is 0 Å². The average Bonchev–Trinajstić information content (AvgIpc) is 2.73. The van der Waals surface area contributed by atoms with Gasteiger partial charge in [-0.2, -0.15) is 0 Å². The molecular weight excluding hydrogens is 406 g/mol. The molecule has 30 heavy (non-hydrogen) atoms. The number of hydrogen-bond acceptors (Lipinski definition) is 6. The number of likely N-dealkylation sites (tertiary alicyclic amines) is 1. The molecule has 1 saturated heterocycles. The number of nitrogens with two attached hydrogens (primary N) is 1. The largest absolute Gasteiger partial charge is 0.496 e. The number of carbonyl (C=O) groups excluding carboxylic acids is 1. The Morgan fingerprint density at radius 3 is 2.40 bits per heavy atom. The molecule has 0 aromatic heterocycles. The summed E-state index contributed by atoms with van der Waals surface area (Å²) in [4.78, 5) is 14.7. The number of carbonyl (C=O) groups is 1. The quantitative estimate of drug-likeness (QED) is 0.604. The molecule has 3 rings (SSSR count). The van der Waals surface area contributed by atoms with Crippen LogP contribution in [-0.2, 0) is 23.1 Å². The molecule has 1 heterocycles. The van der Waals surface area contributed by atoms with Crippen LogP contribution in [0.25, 0.3) is 0 Å². The molecule has 0 bridgehead atoms. The van der Waals surface area contributed by atoms with Crippen LogP contribution in [0.4, 0.5) is 0 Å². The minimum absolute atomic E-state index is 0.105. The van der Waals surface area contributed by atoms with Gasteiger partial charge in [-0.15, -0.1) is 0 Å². The summed E-state index contributed by atoms with van der Waals surface area (Å²) in [5, 5.41) is 17.5.